The summed E-state index contributed by atoms with van der Waals surface area (Å²) in [6.07, 6.45) is 6.44. The molecule has 2 aliphatic rings. The molecule has 33 heavy (non-hydrogen) atoms. The molecule has 0 N–H and O–H groups in total. The lowest BCUT2D eigenvalue weighted by molar-refractivity contribution is 0.00779. The van der Waals surface area contributed by atoms with Crippen LogP contribution in [-0.2, 0) is 0 Å². The Hall–Kier alpha value is -3.45. The molecule has 0 radical (unpaired) electrons. The summed E-state index contributed by atoms with van der Waals surface area (Å²) in [5, 5.41) is 4.99. The predicted octanol–water partition coefficient (Wildman–Crippen LogP) is 4.13. The molecule has 0 aliphatic carbocycles. The van der Waals surface area contributed by atoms with Crippen LogP contribution in [0, 0.1) is 12.8 Å². The summed E-state index contributed by atoms with van der Waals surface area (Å²) >= 11 is 6.15. The van der Waals surface area contributed by atoms with Crippen LogP contribution in [0.2, 0.25) is 5.02 Å². The second-order valence-electron chi connectivity index (χ2n) is 8.85. The van der Waals surface area contributed by atoms with Crippen molar-refractivity contribution < 1.29 is 4.79 Å². The van der Waals surface area contributed by atoms with Crippen molar-refractivity contribution in [2.75, 3.05) is 24.5 Å². The molecule has 6 rings (SSSR count). The Morgan fingerprint density at radius 3 is 2.88 bits per heavy atom. The molecular formula is C25H23ClN6O. The molecule has 2 aromatic heterocycles. The van der Waals surface area contributed by atoms with Gasteiger partial charge in [-0.3, -0.25) is 9.78 Å². The lowest BCUT2D eigenvalue weighted by Crippen LogP contribution is -2.66. The molecule has 2 aromatic carbocycles. The molecule has 7 nitrogen and oxygen atoms in total. The molecule has 2 fully saturated rings. The van der Waals surface area contributed by atoms with Crippen molar-refractivity contribution in [1.82, 2.24) is 24.6 Å². The van der Waals surface area contributed by atoms with Crippen molar-refractivity contribution in [3.63, 3.8) is 0 Å². The number of aromatic nitrogens is 4. The Labute approximate surface area is 196 Å². The fourth-order valence-electron chi connectivity index (χ4n) is 4.95. The first-order chi connectivity index (χ1) is 16.1. The van der Waals surface area contributed by atoms with Crippen LogP contribution in [0.4, 0.5) is 5.82 Å². The number of carbonyl (C=O) groups excluding carboxylic acids is 1. The summed E-state index contributed by atoms with van der Waals surface area (Å²) in [6, 6.07) is 13.5. The number of benzene rings is 2. The van der Waals surface area contributed by atoms with E-state index in [2.05, 4.69) is 15.0 Å². The van der Waals surface area contributed by atoms with Crippen LogP contribution in [0.3, 0.4) is 0 Å². The molecule has 166 valence electrons. The number of likely N-dealkylation sites (tertiary alicyclic amines) is 1. The van der Waals surface area contributed by atoms with Crippen LogP contribution < -0.4 is 4.90 Å². The van der Waals surface area contributed by atoms with E-state index in [-0.39, 0.29) is 11.9 Å². The molecule has 0 unspecified atom stereocenters. The number of carbonyl (C=O) groups is 1. The molecule has 1 amide bonds. The standard InChI is InChI=1S/C25H23ClN6O/c1-16-3-6-22(32-9-2-8-28-32)19(11-16)25(33)31-14-17-7-10-30(15-23(17)31)24-13-27-20-5-4-18(26)12-21(20)29-24/h2-6,8-9,11-13,17,23H,7,10,14-15H2,1H3/t17-,23-/m0/s1. The van der Waals surface area contributed by atoms with Gasteiger partial charge in [0.15, 0.2) is 0 Å². The van der Waals surface area contributed by atoms with Crippen LogP contribution in [-0.4, -0.2) is 56.2 Å². The van der Waals surface area contributed by atoms with Gasteiger partial charge < -0.3 is 9.80 Å². The Balaban J connectivity index is 1.26. The Morgan fingerprint density at radius 2 is 2.03 bits per heavy atom. The van der Waals surface area contributed by atoms with Gasteiger partial charge in [0, 0.05) is 43.0 Å². The Morgan fingerprint density at radius 1 is 1.12 bits per heavy atom. The lowest BCUT2D eigenvalue weighted by atomic mass is 9.81. The summed E-state index contributed by atoms with van der Waals surface area (Å²) in [4.78, 5) is 27.2. The monoisotopic (exact) mass is 458 g/mol. The van der Waals surface area contributed by atoms with Crippen LogP contribution >= 0.6 is 11.6 Å². The zero-order chi connectivity index (χ0) is 22.5. The quantitative estimate of drug-likeness (QED) is 0.462. The normalized spacial score (nSPS) is 19.9. The number of hydrogen-bond donors (Lipinski definition) is 0. The highest BCUT2D eigenvalue weighted by Gasteiger charge is 2.45. The summed E-state index contributed by atoms with van der Waals surface area (Å²) in [5.74, 6) is 1.41. The van der Waals surface area contributed by atoms with E-state index in [1.807, 2.05) is 66.7 Å². The van der Waals surface area contributed by atoms with Crippen LogP contribution in [0.15, 0.2) is 61.1 Å². The van der Waals surface area contributed by atoms with Gasteiger partial charge in [-0.25, -0.2) is 9.67 Å². The Bertz CT molecular complexity index is 1350. The topological polar surface area (TPSA) is 67.2 Å². The van der Waals surface area contributed by atoms with Gasteiger partial charge in [-0.15, -0.1) is 0 Å². The van der Waals surface area contributed by atoms with Crippen molar-refractivity contribution in [3.8, 4) is 5.69 Å². The molecule has 0 spiro atoms. The van der Waals surface area contributed by atoms with Gasteiger partial charge in [0.2, 0.25) is 0 Å². The number of anilines is 1. The average Bonchev–Trinajstić information content (AvgIpc) is 3.34. The van der Waals surface area contributed by atoms with Crippen LogP contribution in [0.1, 0.15) is 22.3 Å². The van der Waals surface area contributed by atoms with Crippen LogP contribution in [0.25, 0.3) is 16.7 Å². The number of aryl methyl sites for hydroxylation is 1. The van der Waals surface area contributed by atoms with E-state index in [0.717, 1.165) is 54.2 Å². The second-order valence-corrected chi connectivity index (χ2v) is 9.29. The van der Waals surface area contributed by atoms with E-state index in [1.165, 1.54) is 0 Å². The zero-order valence-electron chi connectivity index (χ0n) is 18.2. The maximum absolute atomic E-state index is 13.6. The van der Waals surface area contributed by atoms with Crippen molar-refractivity contribution in [1.29, 1.82) is 0 Å². The van der Waals surface area contributed by atoms with Gasteiger partial charge in [-0.1, -0.05) is 23.2 Å². The smallest absolute Gasteiger partial charge is 0.256 e. The molecular weight excluding hydrogens is 436 g/mol. The van der Waals surface area contributed by atoms with Crippen molar-refractivity contribution in [3.05, 3.63) is 77.2 Å². The molecule has 2 saturated heterocycles. The highest BCUT2D eigenvalue weighted by Crippen LogP contribution is 2.36. The Kier molecular flexibility index (Phi) is 4.80. The minimum atomic E-state index is 0.0590. The van der Waals surface area contributed by atoms with E-state index in [9.17, 15) is 4.79 Å². The first kappa shape index (κ1) is 20.2. The first-order valence-corrected chi connectivity index (χ1v) is 11.5. The average molecular weight is 459 g/mol. The number of rotatable bonds is 3. The van der Waals surface area contributed by atoms with Gasteiger partial charge in [-0.2, -0.15) is 5.10 Å². The van der Waals surface area contributed by atoms with Gasteiger partial charge in [0.05, 0.1) is 34.5 Å². The first-order valence-electron chi connectivity index (χ1n) is 11.2. The van der Waals surface area contributed by atoms with Crippen LogP contribution in [0.5, 0.6) is 0 Å². The van der Waals surface area contributed by atoms with Gasteiger partial charge in [0.25, 0.3) is 5.91 Å². The zero-order valence-corrected chi connectivity index (χ0v) is 19.0. The number of amides is 1. The highest BCUT2D eigenvalue weighted by atomic mass is 35.5. The summed E-state index contributed by atoms with van der Waals surface area (Å²) in [5.41, 5.74) is 4.16. The third kappa shape index (κ3) is 3.53. The molecule has 0 saturated carbocycles. The molecule has 2 atom stereocenters. The summed E-state index contributed by atoms with van der Waals surface area (Å²) in [6.45, 7) is 4.46. The van der Waals surface area contributed by atoms with E-state index in [0.29, 0.717) is 16.5 Å². The summed E-state index contributed by atoms with van der Waals surface area (Å²) in [7, 11) is 0. The van der Waals surface area contributed by atoms with Gasteiger partial charge >= 0.3 is 0 Å². The van der Waals surface area contributed by atoms with E-state index in [1.54, 1.807) is 10.9 Å². The third-order valence-corrected chi connectivity index (χ3v) is 7.00. The molecule has 0 bridgehead atoms. The minimum absolute atomic E-state index is 0.0590. The van der Waals surface area contributed by atoms with Gasteiger partial charge in [-0.05, 0) is 49.7 Å². The lowest BCUT2D eigenvalue weighted by Gasteiger charge is -2.53. The molecule has 8 heteroatoms. The number of halogens is 1. The number of hydrogen-bond acceptors (Lipinski definition) is 5. The highest BCUT2D eigenvalue weighted by molar-refractivity contribution is 6.31. The van der Waals surface area contributed by atoms with Crippen molar-refractivity contribution in [2.45, 2.75) is 19.4 Å². The SMILES string of the molecule is Cc1ccc(-n2cccn2)c(C(=O)N2C[C@@H]3CCN(c4cnc5ccc(Cl)cc5n4)C[C@@H]32)c1. The van der Waals surface area contributed by atoms with Gasteiger partial charge in [0.1, 0.15) is 5.82 Å². The van der Waals surface area contributed by atoms with Crippen molar-refractivity contribution in [2.24, 2.45) is 5.92 Å². The largest absolute Gasteiger partial charge is 0.353 e. The number of piperidine rings is 1. The van der Waals surface area contributed by atoms with Crippen molar-refractivity contribution >= 4 is 34.4 Å². The molecule has 4 aromatic rings. The minimum Gasteiger partial charge on any atom is -0.353 e. The fourth-order valence-corrected chi connectivity index (χ4v) is 5.12. The predicted molar refractivity (Wildman–Crippen MR) is 128 cm³/mol. The molecule has 4 heterocycles. The van der Waals surface area contributed by atoms with E-state index < -0.39 is 0 Å². The maximum atomic E-state index is 13.6. The van der Waals surface area contributed by atoms with E-state index in [4.69, 9.17) is 16.6 Å². The maximum Gasteiger partial charge on any atom is 0.256 e. The third-order valence-electron chi connectivity index (χ3n) is 6.76. The van der Waals surface area contributed by atoms with E-state index >= 15 is 0 Å². The fraction of sp³-hybridized carbons (Fsp3) is 0.280. The second kappa shape index (κ2) is 7.85. The number of nitrogens with zero attached hydrogens (tertiary/aromatic N) is 6. The molecule has 2 aliphatic heterocycles. The summed E-state index contributed by atoms with van der Waals surface area (Å²) < 4.78 is 1.76. The number of fused-ring (bicyclic) bond motifs is 2.